The molecule has 6 nitrogen and oxygen atoms in total. The monoisotopic (exact) mass is 355 g/mol. The molecule has 0 N–H and O–H groups in total. The summed E-state index contributed by atoms with van der Waals surface area (Å²) in [5.74, 6) is -0.767. The molecule has 0 atom stereocenters. The lowest BCUT2D eigenvalue weighted by Gasteiger charge is -2.08. The van der Waals surface area contributed by atoms with E-state index in [4.69, 9.17) is 4.74 Å². The minimum absolute atomic E-state index is 0.0470. The molecule has 0 amide bonds. The fourth-order valence-corrected chi connectivity index (χ4v) is 2.81. The summed E-state index contributed by atoms with van der Waals surface area (Å²) in [5, 5.41) is 9.67. The first kappa shape index (κ1) is 18.6. The normalized spacial score (nSPS) is 10.3. The summed E-state index contributed by atoms with van der Waals surface area (Å²) in [6, 6.07) is 9.12. The smallest absolute Gasteiger partial charge is 0.313 e. The predicted octanol–water partition coefficient (Wildman–Crippen LogP) is 3.02. The molecular weight excluding hydrogens is 338 g/mol. The lowest BCUT2D eigenvalue weighted by molar-refractivity contribution is -0.149. The van der Waals surface area contributed by atoms with Crippen LogP contribution in [0.4, 0.5) is 0 Å². The molecule has 0 aliphatic carbocycles. The van der Waals surface area contributed by atoms with Gasteiger partial charge in [-0.25, -0.2) is 4.98 Å². The number of esters is 1. The van der Waals surface area contributed by atoms with Gasteiger partial charge in [0.2, 0.25) is 0 Å². The summed E-state index contributed by atoms with van der Waals surface area (Å²) < 4.78 is 4.95. The van der Waals surface area contributed by atoms with Crippen LogP contribution in [-0.4, -0.2) is 33.6 Å². The molecule has 2 rings (SSSR count). The Morgan fingerprint density at radius 3 is 2.76 bits per heavy atom. The second-order valence-electron chi connectivity index (χ2n) is 5.45. The Kier molecular flexibility index (Phi) is 6.66. The Morgan fingerprint density at radius 2 is 2.12 bits per heavy atom. The molecule has 128 valence electrons. The van der Waals surface area contributed by atoms with Crippen molar-refractivity contribution in [3.8, 4) is 17.3 Å². The van der Waals surface area contributed by atoms with E-state index in [0.29, 0.717) is 16.3 Å². The zero-order valence-corrected chi connectivity index (χ0v) is 14.7. The summed E-state index contributed by atoms with van der Waals surface area (Å²) in [6.45, 7) is 3.45. The number of ether oxygens (including phenoxy) is 1. The van der Waals surface area contributed by atoms with Gasteiger partial charge in [0.1, 0.15) is 17.5 Å². The number of carbonyl (C=O) groups excluding carboxylic acids is 2. The van der Waals surface area contributed by atoms with Crippen LogP contribution >= 0.6 is 11.8 Å². The van der Waals surface area contributed by atoms with E-state index in [9.17, 15) is 14.9 Å². The van der Waals surface area contributed by atoms with Crippen molar-refractivity contribution in [2.45, 2.75) is 31.4 Å². The standard InChI is InChI=1S/C18H17N3O3S/c1-12(2)24-17(23)8-15(22)11-25-18-13(9-19)5-6-16(21-18)14-4-3-7-20-10-14/h3-7,10,12H,8,11H2,1-2H3. The van der Waals surface area contributed by atoms with Gasteiger partial charge in [-0.1, -0.05) is 11.8 Å². The number of carbonyl (C=O) groups is 2. The SMILES string of the molecule is CC(C)OC(=O)CC(=O)CSc1nc(-c2cccnc2)ccc1C#N. The highest BCUT2D eigenvalue weighted by Gasteiger charge is 2.15. The molecule has 2 aromatic heterocycles. The lowest BCUT2D eigenvalue weighted by atomic mass is 10.2. The number of rotatable bonds is 7. The number of hydrogen-bond donors (Lipinski definition) is 0. The van der Waals surface area contributed by atoms with Crippen molar-refractivity contribution >= 4 is 23.5 Å². The zero-order valence-electron chi connectivity index (χ0n) is 13.9. The van der Waals surface area contributed by atoms with E-state index in [1.165, 1.54) is 0 Å². The van der Waals surface area contributed by atoms with Crippen LogP contribution in [0.25, 0.3) is 11.3 Å². The Hall–Kier alpha value is -2.72. The van der Waals surface area contributed by atoms with Crippen LogP contribution in [0.3, 0.4) is 0 Å². The number of pyridine rings is 2. The maximum atomic E-state index is 11.9. The van der Waals surface area contributed by atoms with Crippen LogP contribution in [0.5, 0.6) is 0 Å². The first-order valence-corrected chi connectivity index (χ1v) is 8.63. The highest BCUT2D eigenvalue weighted by atomic mass is 32.2. The Morgan fingerprint density at radius 1 is 1.32 bits per heavy atom. The number of aromatic nitrogens is 2. The van der Waals surface area contributed by atoms with E-state index in [1.807, 2.05) is 6.07 Å². The van der Waals surface area contributed by atoms with Crippen LogP contribution in [0, 0.1) is 11.3 Å². The minimum atomic E-state index is -0.543. The Labute approximate surface area is 150 Å². The summed E-state index contributed by atoms with van der Waals surface area (Å²) in [6.07, 6.45) is 2.80. The van der Waals surface area contributed by atoms with Crippen molar-refractivity contribution in [2.24, 2.45) is 0 Å². The fraction of sp³-hybridized carbons (Fsp3) is 0.278. The number of hydrogen-bond acceptors (Lipinski definition) is 7. The number of nitrogens with zero attached hydrogens (tertiary/aromatic N) is 3. The summed E-state index contributed by atoms with van der Waals surface area (Å²) in [5.41, 5.74) is 1.87. The molecular formula is C18H17N3O3S. The molecule has 0 spiro atoms. The third-order valence-corrected chi connectivity index (χ3v) is 4.07. The number of nitriles is 1. The van der Waals surface area contributed by atoms with E-state index in [2.05, 4.69) is 16.0 Å². The highest BCUT2D eigenvalue weighted by Crippen LogP contribution is 2.25. The van der Waals surface area contributed by atoms with Crippen LogP contribution in [0.1, 0.15) is 25.8 Å². The van der Waals surface area contributed by atoms with Crippen molar-refractivity contribution < 1.29 is 14.3 Å². The molecule has 0 saturated heterocycles. The molecule has 0 radical (unpaired) electrons. The van der Waals surface area contributed by atoms with E-state index in [1.54, 1.807) is 44.4 Å². The van der Waals surface area contributed by atoms with Crippen molar-refractivity contribution in [3.05, 3.63) is 42.2 Å². The van der Waals surface area contributed by atoms with Crippen molar-refractivity contribution in [2.75, 3.05) is 5.75 Å². The molecule has 7 heteroatoms. The average Bonchev–Trinajstić information content (AvgIpc) is 2.59. The van der Waals surface area contributed by atoms with Gasteiger partial charge in [0.25, 0.3) is 0 Å². The van der Waals surface area contributed by atoms with E-state index in [0.717, 1.165) is 17.3 Å². The molecule has 2 aromatic rings. The molecule has 0 unspecified atom stereocenters. The molecule has 25 heavy (non-hydrogen) atoms. The largest absolute Gasteiger partial charge is 0.463 e. The summed E-state index contributed by atoms with van der Waals surface area (Å²) >= 11 is 1.14. The second kappa shape index (κ2) is 8.94. The minimum Gasteiger partial charge on any atom is -0.463 e. The Balaban J connectivity index is 2.07. The quantitative estimate of drug-likeness (QED) is 0.428. The zero-order chi connectivity index (χ0) is 18.2. The van der Waals surface area contributed by atoms with E-state index >= 15 is 0 Å². The molecule has 0 bridgehead atoms. The summed E-state index contributed by atoms with van der Waals surface area (Å²) in [4.78, 5) is 31.9. The van der Waals surface area contributed by atoms with Gasteiger partial charge in [0.05, 0.1) is 23.1 Å². The molecule has 2 heterocycles. The Bertz CT molecular complexity index is 801. The van der Waals surface area contributed by atoms with Gasteiger partial charge in [-0.15, -0.1) is 0 Å². The van der Waals surface area contributed by atoms with Crippen molar-refractivity contribution in [3.63, 3.8) is 0 Å². The van der Waals surface area contributed by atoms with Crippen LogP contribution in [0.15, 0.2) is 41.7 Å². The van der Waals surface area contributed by atoms with Gasteiger partial charge in [-0.05, 0) is 38.1 Å². The molecule has 0 aliphatic rings. The van der Waals surface area contributed by atoms with Crippen LogP contribution in [0.2, 0.25) is 0 Å². The number of ketones is 1. The first-order chi connectivity index (χ1) is 12.0. The van der Waals surface area contributed by atoms with Crippen molar-refractivity contribution in [1.29, 1.82) is 5.26 Å². The maximum absolute atomic E-state index is 11.9. The van der Waals surface area contributed by atoms with Gasteiger partial charge in [-0.2, -0.15) is 5.26 Å². The maximum Gasteiger partial charge on any atom is 0.313 e. The van der Waals surface area contributed by atoms with Gasteiger partial charge in [0.15, 0.2) is 5.78 Å². The molecule has 0 saturated carbocycles. The number of Topliss-reactive ketones (excluding diaryl/α,β-unsaturated/α-hetero) is 1. The first-order valence-electron chi connectivity index (χ1n) is 7.65. The van der Waals surface area contributed by atoms with Gasteiger partial charge in [-0.3, -0.25) is 14.6 Å². The van der Waals surface area contributed by atoms with Crippen molar-refractivity contribution in [1.82, 2.24) is 9.97 Å². The van der Waals surface area contributed by atoms with Gasteiger partial charge >= 0.3 is 5.97 Å². The average molecular weight is 355 g/mol. The highest BCUT2D eigenvalue weighted by molar-refractivity contribution is 8.00. The van der Waals surface area contributed by atoms with Crippen LogP contribution in [-0.2, 0) is 14.3 Å². The van der Waals surface area contributed by atoms with Gasteiger partial charge in [0, 0.05) is 18.0 Å². The molecule has 0 fully saturated rings. The van der Waals surface area contributed by atoms with Crippen LogP contribution < -0.4 is 0 Å². The lowest BCUT2D eigenvalue weighted by Crippen LogP contribution is -2.16. The van der Waals surface area contributed by atoms with E-state index in [-0.39, 0.29) is 24.1 Å². The fourth-order valence-electron chi connectivity index (χ4n) is 1.98. The third-order valence-electron chi connectivity index (χ3n) is 3.02. The summed E-state index contributed by atoms with van der Waals surface area (Å²) in [7, 11) is 0. The predicted molar refractivity (Wildman–Crippen MR) is 93.8 cm³/mol. The molecule has 0 aromatic carbocycles. The van der Waals surface area contributed by atoms with E-state index < -0.39 is 5.97 Å². The number of thioether (sulfide) groups is 1. The third kappa shape index (κ3) is 5.69. The molecule has 0 aliphatic heterocycles. The van der Waals surface area contributed by atoms with Gasteiger partial charge < -0.3 is 4.74 Å². The topological polar surface area (TPSA) is 92.9 Å². The second-order valence-corrected chi connectivity index (χ2v) is 6.41.